The van der Waals surface area contributed by atoms with E-state index >= 15 is 0 Å². The second-order valence-corrected chi connectivity index (χ2v) is 7.42. The summed E-state index contributed by atoms with van der Waals surface area (Å²) in [6, 6.07) is 0.0339. The van der Waals surface area contributed by atoms with Gasteiger partial charge in [0.2, 0.25) is 0 Å². The molecular weight excluding hydrogens is 226 g/mol. The molecule has 1 rings (SSSR count). The molecule has 1 aliphatic heterocycles. The Labute approximate surface area is 99.0 Å². The molecule has 1 heterocycles. The molecule has 0 aliphatic carbocycles. The molecule has 0 aromatic rings. The summed E-state index contributed by atoms with van der Waals surface area (Å²) in [6.07, 6.45) is 0.879. The van der Waals surface area contributed by atoms with Crippen molar-refractivity contribution < 1.29 is 8.42 Å². The summed E-state index contributed by atoms with van der Waals surface area (Å²) in [5.74, 6) is 0. The van der Waals surface area contributed by atoms with Crippen LogP contribution in [0.1, 0.15) is 27.2 Å². The zero-order valence-corrected chi connectivity index (χ0v) is 11.6. The van der Waals surface area contributed by atoms with E-state index in [4.69, 9.17) is 0 Å². The normalized spacial score (nSPS) is 24.2. The lowest BCUT2D eigenvalue weighted by Gasteiger charge is -2.31. The fourth-order valence-electron chi connectivity index (χ4n) is 1.78. The number of hydrogen-bond donors (Lipinski definition) is 1. The van der Waals surface area contributed by atoms with Gasteiger partial charge in [-0.25, -0.2) is 0 Å². The van der Waals surface area contributed by atoms with Crippen molar-refractivity contribution in [3.8, 4) is 0 Å². The van der Waals surface area contributed by atoms with Gasteiger partial charge in [-0.3, -0.25) is 4.90 Å². The highest BCUT2D eigenvalue weighted by Gasteiger charge is 2.32. The van der Waals surface area contributed by atoms with Crippen molar-refractivity contribution in [3.05, 3.63) is 0 Å². The highest BCUT2D eigenvalue weighted by atomic mass is 32.2. The molecule has 0 bridgehead atoms. The van der Waals surface area contributed by atoms with Crippen molar-refractivity contribution in [2.75, 3.05) is 27.2 Å². The molecule has 0 aromatic carbocycles. The van der Waals surface area contributed by atoms with Crippen LogP contribution in [0.2, 0.25) is 0 Å². The van der Waals surface area contributed by atoms with E-state index in [9.17, 15) is 8.42 Å². The Morgan fingerprint density at radius 1 is 1.31 bits per heavy atom. The molecule has 0 saturated carbocycles. The first kappa shape index (κ1) is 13.9. The SMILES string of the molecule is CN(C)S(=O)(=O)NC1CCN(C(C)(C)C)C1. The molecule has 5 nitrogen and oxygen atoms in total. The first-order valence-corrected chi connectivity index (χ1v) is 7.02. The first-order valence-electron chi connectivity index (χ1n) is 5.58. The van der Waals surface area contributed by atoms with Gasteiger partial charge in [0.05, 0.1) is 0 Å². The van der Waals surface area contributed by atoms with Crippen LogP contribution in [0.25, 0.3) is 0 Å². The van der Waals surface area contributed by atoms with E-state index in [2.05, 4.69) is 30.4 Å². The number of nitrogens with zero attached hydrogens (tertiary/aromatic N) is 2. The lowest BCUT2D eigenvalue weighted by Crippen LogP contribution is -2.45. The topological polar surface area (TPSA) is 52.7 Å². The van der Waals surface area contributed by atoms with Gasteiger partial charge in [-0.2, -0.15) is 17.4 Å². The molecule has 0 amide bonds. The summed E-state index contributed by atoms with van der Waals surface area (Å²) in [4.78, 5) is 2.30. The van der Waals surface area contributed by atoms with Crippen LogP contribution in [0.4, 0.5) is 0 Å². The fraction of sp³-hybridized carbons (Fsp3) is 1.00. The Hall–Kier alpha value is -0.170. The minimum atomic E-state index is -3.29. The van der Waals surface area contributed by atoms with Crippen LogP contribution in [0.15, 0.2) is 0 Å². The van der Waals surface area contributed by atoms with E-state index in [1.165, 1.54) is 4.31 Å². The van der Waals surface area contributed by atoms with Gasteiger partial charge in [-0.05, 0) is 27.2 Å². The molecule has 1 aliphatic rings. The minimum absolute atomic E-state index is 0.0339. The van der Waals surface area contributed by atoms with Gasteiger partial charge in [0.15, 0.2) is 0 Å². The van der Waals surface area contributed by atoms with Crippen molar-refractivity contribution >= 4 is 10.2 Å². The summed E-state index contributed by atoms with van der Waals surface area (Å²) in [7, 11) is -0.213. The minimum Gasteiger partial charge on any atom is -0.297 e. The summed E-state index contributed by atoms with van der Waals surface area (Å²) in [5.41, 5.74) is 0.109. The van der Waals surface area contributed by atoms with Crippen molar-refractivity contribution in [1.29, 1.82) is 0 Å². The maximum Gasteiger partial charge on any atom is 0.279 e. The van der Waals surface area contributed by atoms with Gasteiger partial charge >= 0.3 is 0 Å². The van der Waals surface area contributed by atoms with E-state index in [1.54, 1.807) is 14.1 Å². The number of hydrogen-bond acceptors (Lipinski definition) is 3. The average molecular weight is 249 g/mol. The molecule has 0 radical (unpaired) electrons. The lowest BCUT2D eigenvalue weighted by molar-refractivity contribution is 0.172. The van der Waals surface area contributed by atoms with Crippen LogP contribution >= 0.6 is 0 Å². The van der Waals surface area contributed by atoms with Gasteiger partial charge in [0.25, 0.3) is 10.2 Å². The second kappa shape index (κ2) is 4.60. The lowest BCUT2D eigenvalue weighted by atomic mass is 10.1. The van der Waals surface area contributed by atoms with Crippen molar-refractivity contribution in [1.82, 2.24) is 13.9 Å². The first-order chi connectivity index (χ1) is 7.13. The Kier molecular flexibility index (Phi) is 3.99. The van der Waals surface area contributed by atoms with Crippen LogP contribution in [-0.2, 0) is 10.2 Å². The smallest absolute Gasteiger partial charge is 0.279 e. The molecule has 0 aromatic heterocycles. The standard InChI is InChI=1S/C10H23N3O2S/c1-10(2,3)13-7-6-9(8-13)11-16(14,15)12(4)5/h9,11H,6-8H2,1-5H3. The summed E-state index contributed by atoms with van der Waals surface area (Å²) in [6.45, 7) is 8.18. The number of nitrogens with one attached hydrogen (secondary N) is 1. The molecule has 1 N–H and O–H groups in total. The Morgan fingerprint density at radius 3 is 2.25 bits per heavy atom. The van der Waals surface area contributed by atoms with E-state index in [0.29, 0.717) is 0 Å². The molecule has 0 spiro atoms. The number of likely N-dealkylation sites (tertiary alicyclic amines) is 1. The maximum atomic E-state index is 11.6. The molecule has 6 heteroatoms. The summed E-state index contributed by atoms with van der Waals surface area (Å²) in [5, 5.41) is 0. The highest BCUT2D eigenvalue weighted by Crippen LogP contribution is 2.20. The van der Waals surface area contributed by atoms with Crippen LogP contribution < -0.4 is 4.72 Å². The van der Waals surface area contributed by atoms with Gasteiger partial charge in [-0.15, -0.1) is 0 Å². The van der Waals surface area contributed by atoms with Crippen molar-refractivity contribution in [2.24, 2.45) is 0 Å². The molecule has 16 heavy (non-hydrogen) atoms. The Bertz CT molecular complexity index is 332. The maximum absolute atomic E-state index is 11.6. The van der Waals surface area contributed by atoms with Crippen LogP contribution in [0.5, 0.6) is 0 Å². The molecule has 1 atom stereocenters. The molecule has 1 fully saturated rings. The van der Waals surface area contributed by atoms with Crippen molar-refractivity contribution in [3.63, 3.8) is 0 Å². The quantitative estimate of drug-likeness (QED) is 0.780. The summed E-state index contributed by atoms with van der Waals surface area (Å²) < 4.78 is 27.2. The third kappa shape index (κ3) is 3.41. The molecule has 1 saturated heterocycles. The predicted octanol–water partition coefficient (Wildman–Crippen LogP) is 0.255. The average Bonchev–Trinajstić information content (AvgIpc) is 2.50. The van der Waals surface area contributed by atoms with Gasteiger partial charge < -0.3 is 0 Å². The predicted molar refractivity (Wildman–Crippen MR) is 65.5 cm³/mol. The third-order valence-electron chi connectivity index (χ3n) is 2.93. The Balaban J connectivity index is 2.56. The van der Waals surface area contributed by atoms with Crippen LogP contribution in [0.3, 0.4) is 0 Å². The van der Waals surface area contributed by atoms with E-state index < -0.39 is 10.2 Å². The van der Waals surface area contributed by atoms with Crippen LogP contribution in [0, 0.1) is 0 Å². The largest absolute Gasteiger partial charge is 0.297 e. The summed E-state index contributed by atoms with van der Waals surface area (Å²) >= 11 is 0. The monoisotopic (exact) mass is 249 g/mol. The van der Waals surface area contributed by atoms with E-state index in [1.807, 2.05) is 0 Å². The van der Waals surface area contributed by atoms with Crippen LogP contribution in [-0.4, -0.2) is 56.4 Å². The zero-order chi connectivity index (χ0) is 12.6. The van der Waals surface area contributed by atoms with Gasteiger partial charge in [-0.1, -0.05) is 0 Å². The zero-order valence-electron chi connectivity index (χ0n) is 10.8. The van der Waals surface area contributed by atoms with Gasteiger partial charge in [0, 0.05) is 38.8 Å². The van der Waals surface area contributed by atoms with E-state index in [-0.39, 0.29) is 11.6 Å². The van der Waals surface area contributed by atoms with Gasteiger partial charge in [0.1, 0.15) is 0 Å². The fourth-order valence-corrected chi connectivity index (χ4v) is 2.61. The molecule has 1 unspecified atom stereocenters. The van der Waals surface area contributed by atoms with Crippen molar-refractivity contribution in [2.45, 2.75) is 38.8 Å². The molecule has 96 valence electrons. The van der Waals surface area contributed by atoms with E-state index in [0.717, 1.165) is 19.5 Å². The Morgan fingerprint density at radius 2 is 1.88 bits per heavy atom. The molecular formula is C10H23N3O2S. The highest BCUT2D eigenvalue weighted by molar-refractivity contribution is 7.87. The third-order valence-corrected chi connectivity index (χ3v) is 4.53. The number of rotatable bonds is 3. The second-order valence-electron chi connectivity index (χ2n) is 5.51.